The van der Waals surface area contributed by atoms with Gasteiger partial charge in [-0.2, -0.15) is 0 Å². The van der Waals surface area contributed by atoms with E-state index in [9.17, 15) is 0 Å². The Morgan fingerprint density at radius 2 is 1.81 bits per heavy atom. The van der Waals surface area contributed by atoms with Gasteiger partial charge in [0.2, 0.25) is 6.41 Å². The normalized spacial score (nSPS) is 10.9. The number of ether oxygens (including phenoxy) is 2. The Hall–Kier alpha value is -1.65. The van der Waals surface area contributed by atoms with Crippen molar-refractivity contribution in [2.24, 2.45) is 0 Å². The number of aromatic nitrogens is 2. The van der Waals surface area contributed by atoms with Crippen LogP contribution in [0.25, 0.3) is 11.4 Å². The number of hydrogen-bond acceptors (Lipinski definition) is 3. The van der Waals surface area contributed by atoms with E-state index < -0.39 is 6.41 Å². The van der Waals surface area contributed by atoms with Crippen molar-refractivity contribution in [3.63, 3.8) is 0 Å². The second-order valence-corrected chi connectivity index (χ2v) is 3.30. The Bertz CT molecular complexity index is 435. The van der Waals surface area contributed by atoms with Crippen LogP contribution in [-0.4, -0.2) is 23.8 Å². The van der Waals surface area contributed by atoms with Crippen molar-refractivity contribution >= 4 is 0 Å². The SMILES string of the molecule is COC(OC)n1ccnc1-c1ccccc1. The number of benzene rings is 1. The Morgan fingerprint density at radius 1 is 1.12 bits per heavy atom. The second-order valence-electron chi connectivity index (χ2n) is 3.30. The molecule has 0 spiro atoms. The number of nitrogens with zero attached hydrogens (tertiary/aromatic N) is 2. The van der Waals surface area contributed by atoms with E-state index in [1.165, 1.54) is 0 Å². The predicted molar refractivity (Wildman–Crippen MR) is 60.7 cm³/mol. The standard InChI is InChI=1S/C12H14N2O2/c1-15-12(16-2)14-9-8-13-11(14)10-6-4-3-5-7-10/h3-9,12H,1-2H3. The molecule has 0 fully saturated rings. The van der Waals surface area contributed by atoms with Crippen LogP contribution in [-0.2, 0) is 9.47 Å². The average molecular weight is 218 g/mol. The molecular formula is C12H14N2O2. The van der Waals surface area contributed by atoms with Crippen molar-refractivity contribution in [2.45, 2.75) is 6.41 Å². The van der Waals surface area contributed by atoms with Crippen molar-refractivity contribution in [3.8, 4) is 11.4 Å². The third-order valence-electron chi connectivity index (χ3n) is 2.33. The van der Waals surface area contributed by atoms with E-state index in [1.54, 1.807) is 20.4 Å². The molecule has 0 amide bonds. The van der Waals surface area contributed by atoms with Gasteiger partial charge < -0.3 is 9.47 Å². The summed E-state index contributed by atoms with van der Waals surface area (Å²) in [5.41, 5.74) is 1.03. The van der Waals surface area contributed by atoms with Crippen molar-refractivity contribution in [2.75, 3.05) is 14.2 Å². The molecule has 1 aromatic heterocycles. The number of methoxy groups -OCH3 is 2. The molecule has 0 aliphatic rings. The van der Waals surface area contributed by atoms with Crippen molar-refractivity contribution in [1.29, 1.82) is 0 Å². The second kappa shape index (κ2) is 4.92. The van der Waals surface area contributed by atoms with Crippen LogP contribution >= 0.6 is 0 Å². The minimum absolute atomic E-state index is 0.447. The topological polar surface area (TPSA) is 36.3 Å². The molecule has 16 heavy (non-hydrogen) atoms. The summed E-state index contributed by atoms with van der Waals surface area (Å²) in [7, 11) is 3.20. The van der Waals surface area contributed by atoms with Gasteiger partial charge in [-0.15, -0.1) is 0 Å². The van der Waals surface area contributed by atoms with Crippen LogP contribution in [0.4, 0.5) is 0 Å². The molecule has 2 rings (SSSR count). The van der Waals surface area contributed by atoms with Gasteiger partial charge in [-0.25, -0.2) is 4.98 Å². The maximum atomic E-state index is 5.21. The van der Waals surface area contributed by atoms with E-state index in [-0.39, 0.29) is 0 Å². The Morgan fingerprint density at radius 3 is 2.44 bits per heavy atom. The first-order valence-corrected chi connectivity index (χ1v) is 5.00. The highest BCUT2D eigenvalue weighted by atomic mass is 16.7. The van der Waals surface area contributed by atoms with E-state index in [2.05, 4.69) is 4.98 Å². The summed E-state index contributed by atoms with van der Waals surface area (Å²) in [4.78, 5) is 4.31. The third-order valence-corrected chi connectivity index (χ3v) is 2.33. The summed E-state index contributed by atoms with van der Waals surface area (Å²) < 4.78 is 12.3. The van der Waals surface area contributed by atoms with Gasteiger partial charge in [-0.1, -0.05) is 30.3 Å². The highest BCUT2D eigenvalue weighted by Gasteiger charge is 2.13. The zero-order valence-electron chi connectivity index (χ0n) is 9.33. The lowest BCUT2D eigenvalue weighted by Gasteiger charge is -2.17. The first kappa shape index (κ1) is 10.9. The van der Waals surface area contributed by atoms with Gasteiger partial charge in [0.1, 0.15) is 5.82 Å². The highest BCUT2D eigenvalue weighted by Crippen LogP contribution is 2.21. The molecule has 0 aliphatic carbocycles. The van der Waals surface area contributed by atoms with Crippen molar-refractivity contribution in [3.05, 3.63) is 42.7 Å². The molecule has 0 saturated heterocycles. The first-order chi connectivity index (χ1) is 7.86. The molecule has 84 valence electrons. The summed E-state index contributed by atoms with van der Waals surface area (Å²) in [6.07, 6.45) is 3.12. The van der Waals surface area contributed by atoms with Gasteiger partial charge in [-0.05, 0) is 0 Å². The Labute approximate surface area is 94.4 Å². The fourth-order valence-corrected chi connectivity index (χ4v) is 1.62. The van der Waals surface area contributed by atoms with Gasteiger partial charge in [0, 0.05) is 32.2 Å². The van der Waals surface area contributed by atoms with Crippen molar-refractivity contribution in [1.82, 2.24) is 9.55 Å². The molecule has 1 aromatic carbocycles. The lowest BCUT2D eigenvalue weighted by atomic mass is 10.2. The van der Waals surface area contributed by atoms with Gasteiger partial charge in [0.15, 0.2) is 0 Å². The van der Waals surface area contributed by atoms with Crippen LogP contribution in [0.1, 0.15) is 6.41 Å². The molecular weight excluding hydrogens is 204 g/mol. The fraction of sp³-hybridized carbons (Fsp3) is 0.250. The summed E-state index contributed by atoms with van der Waals surface area (Å²) in [5, 5.41) is 0. The van der Waals surface area contributed by atoms with E-state index in [0.717, 1.165) is 11.4 Å². The molecule has 0 N–H and O–H groups in total. The van der Waals surface area contributed by atoms with Gasteiger partial charge in [0.25, 0.3) is 0 Å². The van der Waals surface area contributed by atoms with Crippen LogP contribution in [0.15, 0.2) is 42.7 Å². The lowest BCUT2D eigenvalue weighted by Crippen LogP contribution is -2.13. The van der Waals surface area contributed by atoms with Crippen LogP contribution in [0.2, 0.25) is 0 Å². The molecule has 2 aromatic rings. The summed E-state index contributed by atoms with van der Waals surface area (Å²) in [6, 6.07) is 9.93. The summed E-state index contributed by atoms with van der Waals surface area (Å²) >= 11 is 0. The molecule has 0 aliphatic heterocycles. The van der Waals surface area contributed by atoms with Gasteiger partial charge >= 0.3 is 0 Å². The Kier molecular flexibility index (Phi) is 3.34. The smallest absolute Gasteiger partial charge is 0.245 e. The molecule has 0 saturated carbocycles. The lowest BCUT2D eigenvalue weighted by molar-refractivity contribution is -0.155. The zero-order valence-corrected chi connectivity index (χ0v) is 9.33. The summed E-state index contributed by atoms with van der Waals surface area (Å²) in [5.74, 6) is 0.828. The van der Waals surface area contributed by atoms with Crippen LogP contribution in [0, 0.1) is 0 Å². The zero-order chi connectivity index (χ0) is 11.4. The third kappa shape index (κ3) is 1.98. The molecule has 0 radical (unpaired) electrons. The van der Waals surface area contributed by atoms with E-state index >= 15 is 0 Å². The predicted octanol–water partition coefficient (Wildman–Crippen LogP) is 2.30. The van der Waals surface area contributed by atoms with E-state index in [1.807, 2.05) is 41.1 Å². The minimum atomic E-state index is -0.447. The highest BCUT2D eigenvalue weighted by molar-refractivity contribution is 5.55. The molecule has 1 heterocycles. The van der Waals surface area contributed by atoms with E-state index in [4.69, 9.17) is 9.47 Å². The van der Waals surface area contributed by atoms with Gasteiger partial charge in [-0.3, -0.25) is 4.57 Å². The fourth-order valence-electron chi connectivity index (χ4n) is 1.62. The maximum absolute atomic E-state index is 5.21. The number of rotatable bonds is 4. The van der Waals surface area contributed by atoms with Gasteiger partial charge in [0.05, 0.1) is 0 Å². The van der Waals surface area contributed by atoms with Crippen molar-refractivity contribution < 1.29 is 9.47 Å². The number of hydrogen-bond donors (Lipinski definition) is 0. The summed E-state index contributed by atoms with van der Waals surface area (Å²) in [6.45, 7) is 0. The maximum Gasteiger partial charge on any atom is 0.245 e. The monoisotopic (exact) mass is 218 g/mol. The molecule has 0 atom stereocenters. The Balaban J connectivity index is 2.40. The molecule has 4 heteroatoms. The number of imidazole rings is 1. The van der Waals surface area contributed by atoms with E-state index in [0.29, 0.717) is 0 Å². The molecule has 4 nitrogen and oxygen atoms in total. The quantitative estimate of drug-likeness (QED) is 0.739. The van der Waals surface area contributed by atoms with Crippen LogP contribution in [0.5, 0.6) is 0 Å². The van der Waals surface area contributed by atoms with Crippen LogP contribution < -0.4 is 0 Å². The van der Waals surface area contributed by atoms with Crippen LogP contribution in [0.3, 0.4) is 0 Å². The molecule has 0 bridgehead atoms. The largest absolute Gasteiger partial charge is 0.338 e. The minimum Gasteiger partial charge on any atom is -0.338 e. The first-order valence-electron chi connectivity index (χ1n) is 5.00. The molecule has 0 unspecified atom stereocenters. The average Bonchev–Trinajstić information content (AvgIpc) is 2.81.